The van der Waals surface area contributed by atoms with E-state index in [1.165, 1.54) is 11.3 Å². The van der Waals surface area contributed by atoms with Crippen LogP contribution in [0.1, 0.15) is 57.5 Å². The molecule has 0 spiro atoms. The van der Waals surface area contributed by atoms with E-state index in [9.17, 15) is 5.11 Å². The van der Waals surface area contributed by atoms with Gasteiger partial charge in [0.2, 0.25) is 0 Å². The Morgan fingerprint density at radius 2 is 2.25 bits per heavy atom. The summed E-state index contributed by atoms with van der Waals surface area (Å²) in [5, 5.41) is 14.5. The highest BCUT2D eigenvalue weighted by atomic mass is 16.3. The molecule has 1 aromatic rings. The number of hydrogen-bond donors (Lipinski definition) is 1. The molecule has 0 amide bonds. The van der Waals surface area contributed by atoms with Gasteiger partial charge in [0, 0.05) is 26.2 Å². The predicted octanol–water partition coefficient (Wildman–Crippen LogP) is 2.89. The number of hydrogen-bond acceptors (Lipinski definition) is 3. The minimum atomic E-state index is -0.423. The Morgan fingerprint density at radius 1 is 1.45 bits per heavy atom. The van der Waals surface area contributed by atoms with E-state index >= 15 is 0 Å². The number of aliphatic hydroxyl groups is 1. The second kappa shape index (κ2) is 7.04. The van der Waals surface area contributed by atoms with Crippen LogP contribution in [0, 0.1) is 0 Å². The van der Waals surface area contributed by atoms with Gasteiger partial charge in [-0.2, -0.15) is 5.10 Å². The van der Waals surface area contributed by atoms with Crippen LogP contribution in [0.4, 0.5) is 0 Å². The van der Waals surface area contributed by atoms with Crippen LogP contribution in [0.15, 0.2) is 17.7 Å². The van der Waals surface area contributed by atoms with E-state index in [1.807, 2.05) is 6.92 Å². The van der Waals surface area contributed by atoms with E-state index in [2.05, 4.69) is 40.7 Å². The molecule has 1 N–H and O–H groups in total. The Kier molecular flexibility index (Phi) is 5.38. The SMILES string of the molecule is CC[C@H](O)c1cc2n(n1)CCCN(CCC=C(C)C)C2. The summed E-state index contributed by atoms with van der Waals surface area (Å²) in [7, 11) is 0. The molecule has 0 radical (unpaired) electrons. The lowest BCUT2D eigenvalue weighted by Gasteiger charge is -2.18. The third-order valence-corrected chi connectivity index (χ3v) is 3.84. The van der Waals surface area contributed by atoms with Gasteiger partial charge in [-0.05, 0) is 39.2 Å². The van der Waals surface area contributed by atoms with E-state index in [0.717, 1.165) is 51.1 Å². The Hall–Kier alpha value is -1.13. The molecule has 0 bridgehead atoms. The third kappa shape index (κ3) is 3.93. The van der Waals surface area contributed by atoms with Gasteiger partial charge in [0.25, 0.3) is 0 Å². The van der Waals surface area contributed by atoms with Crippen molar-refractivity contribution in [3.63, 3.8) is 0 Å². The number of aliphatic hydroxyl groups excluding tert-OH is 1. The molecule has 1 aliphatic rings. The van der Waals surface area contributed by atoms with Gasteiger partial charge in [-0.25, -0.2) is 0 Å². The van der Waals surface area contributed by atoms with Crippen molar-refractivity contribution in [2.75, 3.05) is 13.1 Å². The fraction of sp³-hybridized carbons (Fsp3) is 0.688. The first kappa shape index (κ1) is 15.3. The molecule has 4 nitrogen and oxygen atoms in total. The minimum Gasteiger partial charge on any atom is -0.387 e. The second-order valence-electron chi connectivity index (χ2n) is 5.91. The molecule has 0 aliphatic carbocycles. The first-order chi connectivity index (χ1) is 9.60. The van der Waals surface area contributed by atoms with Crippen LogP contribution in [0.3, 0.4) is 0 Å². The van der Waals surface area contributed by atoms with E-state index in [1.54, 1.807) is 0 Å². The van der Waals surface area contributed by atoms with Crippen LogP contribution in [0.2, 0.25) is 0 Å². The Morgan fingerprint density at radius 3 is 2.95 bits per heavy atom. The lowest BCUT2D eigenvalue weighted by molar-refractivity contribution is 0.167. The van der Waals surface area contributed by atoms with Gasteiger partial charge in [-0.15, -0.1) is 0 Å². The molecular weight excluding hydrogens is 250 g/mol. The number of aryl methyl sites for hydroxylation is 1. The average molecular weight is 277 g/mol. The van der Waals surface area contributed by atoms with Gasteiger partial charge < -0.3 is 5.11 Å². The monoisotopic (exact) mass is 277 g/mol. The fourth-order valence-corrected chi connectivity index (χ4v) is 2.65. The summed E-state index contributed by atoms with van der Waals surface area (Å²) in [4.78, 5) is 2.49. The molecule has 2 rings (SSSR count). The topological polar surface area (TPSA) is 41.3 Å². The largest absolute Gasteiger partial charge is 0.387 e. The molecule has 1 aromatic heterocycles. The predicted molar refractivity (Wildman–Crippen MR) is 81.4 cm³/mol. The molecule has 0 saturated carbocycles. The molecule has 4 heteroatoms. The van der Waals surface area contributed by atoms with Crippen LogP contribution in [0.5, 0.6) is 0 Å². The first-order valence-electron chi connectivity index (χ1n) is 7.70. The lowest BCUT2D eigenvalue weighted by Crippen LogP contribution is -2.24. The van der Waals surface area contributed by atoms with E-state index in [-0.39, 0.29) is 0 Å². The summed E-state index contributed by atoms with van der Waals surface area (Å²) >= 11 is 0. The quantitative estimate of drug-likeness (QED) is 0.841. The van der Waals surface area contributed by atoms with Crippen molar-refractivity contribution in [2.45, 2.75) is 59.2 Å². The smallest absolute Gasteiger partial charge is 0.0975 e. The van der Waals surface area contributed by atoms with Gasteiger partial charge >= 0.3 is 0 Å². The molecule has 1 atom stereocenters. The minimum absolute atomic E-state index is 0.423. The number of rotatable bonds is 5. The molecule has 1 aliphatic heterocycles. The zero-order valence-electron chi connectivity index (χ0n) is 13.0. The fourth-order valence-electron chi connectivity index (χ4n) is 2.65. The molecule has 2 heterocycles. The number of allylic oxidation sites excluding steroid dienone is 1. The van der Waals surface area contributed by atoms with Gasteiger partial charge in [-0.1, -0.05) is 18.6 Å². The van der Waals surface area contributed by atoms with Crippen LogP contribution < -0.4 is 0 Å². The molecule has 0 fully saturated rings. The Balaban J connectivity index is 2.01. The highest BCUT2D eigenvalue weighted by Gasteiger charge is 2.18. The number of aromatic nitrogens is 2. The summed E-state index contributed by atoms with van der Waals surface area (Å²) in [6.07, 6.45) is 4.84. The van der Waals surface area contributed by atoms with Crippen LogP contribution in [0.25, 0.3) is 0 Å². The highest BCUT2D eigenvalue weighted by Crippen LogP contribution is 2.20. The Bertz CT molecular complexity index is 460. The maximum Gasteiger partial charge on any atom is 0.0975 e. The van der Waals surface area contributed by atoms with Crippen LogP contribution in [-0.4, -0.2) is 32.9 Å². The van der Waals surface area contributed by atoms with Crippen molar-refractivity contribution in [1.29, 1.82) is 0 Å². The number of nitrogens with zero attached hydrogens (tertiary/aromatic N) is 3. The van der Waals surface area contributed by atoms with Crippen molar-refractivity contribution in [3.05, 3.63) is 29.1 Å². The zero-order valence-corrected chi connectivity index (χ0v) is 13.0. The molecule has 20 heavy (non-hydrogen) atoms. The normalized spacial score (nSPS) is 17.4. The number of fused-ring (bicyclic) bond motifs is 1. The molecular formula is C16H27N3O. The van der Waals surface area contributed by atoms with Crippen molar-refractivity contribution >= 4 is 0 Å². The lowest BCUT2D eigenvalue weighted by atomic mass is 10.2. The summed E-state index contributed by atoms with van der Waals surface area (Å²) in [6, 6.07) is 2.08. The van der Waals surface area contributed by atoms with Gasteiger partial charge in [-0.3, -0.25) is 9.58 Å². The molecule has 0 saturated heterocycles. The van der Waals surface area contributed by atoms with Gasteiger partial charge in [0.1, 0.15) is 0 Å². The van der Waals surface area contributed by atoms with E-state index < -0.39 is 6.10 Å². The first-order valence-corrected chi connectivity index (χ1v) is 7.70. The molecule has 0 aromatic carbocycles. The highest BCUT2D eigenvalue weighted by molar-refractivity contribution is 5.13. The van der Waals surface area contributed by atoms with Crippen molar-refractivity contribution in [3.8, 4) is 0 Å². The van der Waals surface area contributed by atoms with E-state index in [0.29, 0.717) is 0 Å². The summed E-state index contributed by atoms with van der Waals surface area (Å²) in [6.45, 7) is 10.4. The van der Waals surface area contributed by atoms with Crippen molar-refractivity contribution in [2.24, 2.45) is 0 Å². The van der Waals surface area contributed by atoms with Crippen LogP contribution in [-0.2, 0) is 13.1 Å². The van der Waals surface area contributed by atoms with Crippen molar-refractivity contribution in [1.82, 2.24) is 14.7 Å². The maximum absolute atomic E-state index is 9.92. The molecule has 0 unspecified atom stereocenters. The van der Waals surface area contributed by atoms with Crippen LogP contribution >= 0.6 is 0 Å². The zero-order chi connectivity index (χ0) is 14.5. The second-order valence-corrected chi connectivity index (χ2v) is 5.91. The molecule has 112 valence electrons. The van der Waals surface area contributed by atoms with Crippen molar-refractivity contribution < 1.29 is 5.11 Å². The standard InChI is InChI=1S/C16H27N3O/c1-4-16(20)15-11-14-12-18(8-5-7-13(2)3)9-6-10-19(14)17-15/h7,11,16,20H,4-6,8-10,12H2,1-3H3/t16-/m0/s1. The average Bonchev–Trinajstić information content (AvgIpc) is 2.71. The summed E-state index contributed by atoms with van der Waals surface area (Å²) in [5.74, 6) is 0. The van der Waals surface area contributed by atoms with Gasteiger partial charge in [0.05, 0.1) is 17.5 Å². The van der Waals surface area contributed by atoms with E-state index in [4.69, 9.17) is 0 Å². The van der Waals surface area contributed by atoms with Gasteiger partial charge in [0.15, 0.2) is 0 Å². The third-order valence-electron chi connectivity index (χ3n) is 3.84. The maximum atomic E-state index is 9.92. The summed E-state index contributed by atoms with van der Waals surface area (Å²) in [5.41, 5.74) is 3.45. The Labute approximate surface area is 122 Å². The summed E-state index contributed by atoms with van der Waals surface area (Å²) < 4.78 is 2.08.